The highest BCUT2D eigenvalue weighted by atomic mass is 16.4. The molecule has 0 aliphatic carbocycles. The summed E-state index contributed by atoms with van der Waals surface area (Å²) in [5.74, 6) is -0.424. The Morgan fingerprint density at radius 1 is 1.43 bits per heavy atom. The SMILES string of the molecule is CCn1c(CC(=O)O)cc(=O)n2nc(-c3ccco3)cc12. The van der Waals surface area contributed by atoms with Crippen molar-refractivity contribution in [3.05, 3.63) is 46.6 Å². The number of aryl methyl sites for hydroxylation is 1. The van der Waals surface area contributed by atoms with Crippen molar-refractivity contribution < 1.29 is 14.3 Å². The number of furan rings is 1. The lowest BCUT2D eigenvalue weighted by atomic mass is 10.2. The van der Waals surface area contributed by atoms with E-state index in [2.05, 4.69) is 5.10 Å². The van der Waals surface area contributed by atoms with E-state index in [1.165, 1.54) is 16.8 Å². The first-order valence-electron chi connectivity index (χ1n) is 6.48. The highest BCUT2D eigenvalue weighted by molar-refractivity contribution is 5.70. The minimum Gasteiger partial charge on any atom is -0.481 e. The number of carboxylic acid groups (broad SMARTS) is 1. The van der Waals surface area contributed by atoms with E-state index in [9.17, 15) is 9.59 Å². The standard InChI is InChI=1S/C14H13N3O4/c1-2-16-9(7-14(19)20)6-13(18)17-12(16)8-10(15-17)11-4-3-5-21-11/h3-6,8H,2,7H2,1H3,(H,19,20). The van der Waals surface area contributed by atoms with Crippen molar-refractivity contribution in [1.29, 1.82) is 0 Å². The molecule has 7 nitrogen and oxygen atoms in total. The van der Waals surface area contributed by atoms with Crippen LogP contribution in [0.3, 0.4) is 0 Å². The zero-order valence-corrected chi connectivity index (χ0v) is 11.3. The van der Waals surface area contributed by atoms with Gasteiger partial charge in [-0.05, 0) is 19.1 Å². The lowest BCUT2D eigenvalue weighted by Crippen LogP contribution is -2.22. The van der Waals surface area contributed by atoms with Gasteiger partial charge in [-0.1, -0.05) is 0 Å². The van der Waals surface area contributed by atoms with Gasteiger partial charge in [0.1, 0.15) is 11.3 Å². The second-order valence-corrected chi connectivity index (χ2v) is 4.57. The monoisotopic (exact) mass is 287 g/mol. The van der Waals surface area contributed by atoms with Gasteiger partial charge >= 0.3 is 5.97 Å². The summed E-state index contributed by atoms with van der Waals surface area (Å²) in [5, 5.41) is 13.2. The average Bonchev–Trinajstić information content (AvgIpc) is 3.07. The molecule has 0 fully saturated rings. The summed E-state index contributed by atoms with van der Waals surface area (Å²) < 4.78 is 8.29. The van der Waals surface area contributed by atoms with Crippen LogP contribution in [0.5, 0.6) is 0 Å². The molecule has 0 aliphatic heterocycles. The van der Waals surface area contributed by atoms with E-state index < -0.39 is 5.97 Å². The number of hydrogen-bond donors (Lipinski definition) is 1. The molecule has 0 atom stereocenters. The molecular formula is C14H13N3O4. The predicted octanol–water partition coefficient (Wildman–Crippen LogP) is 1.40. The highest BCUT2D eigenvalue weighted by Crippen LogP contribution is 2.20. The Balaban J connectivity index is 2.26. The largest absolute Gasteiger partial charge is 0.481 e. The van der Waals surface area contributed by atoms with Gasteiger partial charge in [0.05, 0.1) is 12.7 Å². The third-order valence-electron chi connectivity index (χ3n) is 3.23. The molecule has 0 radical (unpaired) electrons. The Labute approximate surface area is 119 Å². The fraction of sp³-hybridized carbons (Fsp3) is 0.214. The van der Waals surface area contributed by atoms with Crippen LogP contribution in [0.2, 0.25) is 0 Å². The first-order chi connectivity index (χ1) is 10.1. The number of aromatic nitrogens is 3. The molecule has 1 N–H and O–H groups in total. The number of aliphatic carboxylic acids is 1. The summed E-state index contributed by atoms with van der Waals surface area (Å²) in [6.45, 7) is 2.42. The van der Waals surface area contributed by atoms with Crippen LogP contribution >= 0.6 is 0 Å². The van der Waals surface area contributed by atoms with Gasteiger partial charge in [-0.3, -0.25) is 9.59 Å². The molecule has 0 unspecified atom stereocenters. The summed E-state index contributed by atoms with van der Waals surface area (Å²) in [6, 6.07) is 6.51. The van der Waals surface area contributed by atoms with Gasteiger partial charge in [-0.15, -0.1) is 0 Å². The summed E-state index contributed by atoms with van der Waals surface area (Å²) >= 11 is 0. The van der Waals surface area contributed by atoms with Crippen LogP contribution in [0.25, 0.3) is 17.1 Å². The molecule has 0 bridgehead atoms. The van der Waals surface area contributed by atoms with Crippen LogP contribution in [0.1, 0.15) is 12.6 Å². The maximum Gasteiger partial charge on any atom is 0.309 e. The van der Waals surface area contributed by atoms with Crippen LogP contribution < -0.4 is 5.56 Å². The Kier molecular flexibility index (Phi) is 3.09. The number of carboxylic acids is 1. The normalized spacial score (nSPS) is 11.1. The minimum absolute atomic E-state index is 0.207. The molecular weight excluding hydrogens is 274 g/mol. The molecule has 21 heavy (non-hydrogen) atoms. The molecule has 3 rings (SSSR count). The van der Waals surface area contributed by atoms with Crippen molar-refractivity contribution in [1.82, 2.24) is 14.2 Å². The van der Waals surface area contributed by atoms with Crippen molar-refractivity contribution in [3.63, 3.8) is 0 Å². The number of carbonyl (C=O) groups is 1. The minimum atomic E-state index is -0.980. The number of fused-ring (bicyclic) bond motifs is 1. The zero-order chi connectivity index (χ0) is 15.0. The first kappa shape index (κ1) is 13.2. The smallest absolute Gasteiger partial charge is 0.309 e. The van der Waals surface area contributed by atoms with E-state index in [-0.39, 0.29) is 12.0 Å². The molecule has 7 heteroatoms. The average molecular weight is 287 g/mol. The topological polar surface area (TPSA) is 89.7 Å². The lowest BCUT2D eigenvalue weighted by Gasteiger charge is -2.11. The fourth-order valence-corrected chi connectivity index (χ4v) is 2.37. The van der Waals surface area contributed by atoms with E-state index >= 15 is 0 Å². The Bertz CT molecular complexity index is 858. The molecule has 0 aliphatic rings. The second kappa shape index (κ2) is 4.93. The molecule has 0 spiro atoms. The fourth-order valence-electron chi connectivity index (χ4n) is 2.37. The van der Waals surface area contributed by atoms with E-state index in [4.69, 9.17) is 9.52 Å². The van der Waals surface area contributed by atoms with E-state index in [0.717, 1.165) is 0 Å². The van der Waals surface area contributed by atoms with E-state index in [1.54, 1.807) is 22.8 Å². The molecule has 3 aromatic heterocycles. The van der Waals surface area contributed by atoms with E-state index in [1.807, 2.05) is 6.92 Å². The zero-order valence-electron chi connectivity index (χ0n) is 11.3. The summed E-state index contributed by atoms with van der Waals surface area (Å²) in [7, 11) is 0. The van der Waals surface area contributed by atoms with Crippen LogP contribution in [-0.4, -0.2) is 25.3 Å². The maximum atomic E-state index is 12.1. The van der Waals surface area contributed by atoms with Gasteiger partial charge in [0.2, 0.25) is 0 Å². The van der Waals surface area contributed by atoms with Gasteiger partial charge < -0.3 is 14.1 Å². The summed E-state index contributed by atoms with van der Waals surface area (Å²) in [5.41, 5.74) is 1.18. The van der Waals surface area contributed by atoms with Crippen LogP contribution in [-0.2, 0) is 17.8 Å². The van der Waals surface area contributed by atoms with Gasteiger partial charge in [-0.25, -0.2) is 0 Å². The van der Waals surface area contributed by atoms with E-state index in [0.29, 0.717) is 29.3 Å². The van der Waals surface area contributed by atoms with Gasteiger partial charge in [0.15, 0.2) is 5.76 Å². The third-order valence-corrected chi connectivity index (χ3v) is 3.23. The molecule has 108 valence electrons. The molecule has 3 heterocycles. The maximum absolute atomic E-state index is 12.1. The molecule has 0 aromatic carbocycles. The molecule has 0 amide bonds. The molecule has 0 saturated heterocycles. The lowest BCUT2D eigenvalue weighted by molar-refractivity contribution is -0.136. The van der Waals surface area contributed by atoms with Gasteiger partial charge in [-0.2, -0.15) is 9.61 Å². The van der Waals surface area contributed by atoms with Gasteiger partial charge in [0.25, 0.3) is 5.56 Å². The summed E-state index contributed by atoms with van der Waals surface area (Å²) in [4.78, 5) is 23.0. The predicted molar refractivity (Wildman–Crippen MR) is 74.2 cm³/mol. The van der Waals surface area contributed by atoms with Crippen molar-refractivity contribution in [2.45, 2.75) is 19.9 Å². The van der Waals surface area contributed by atoms with Crippen molar-refractivity contribution in [3.8, 4) is 11.5 Å². The van der Waals surface area contributed by atoms with Crippen LogP contribution in [0, 0.1) is 0 Å². The molecule has 3 aromatic rings. The third kappa shape index (κ3) is 2.22. The Hall–Kier alpha value is -2.83. The highest BCUT2D eigenvalue weighted by Gasteiger charge is 2.15. The van der Waals surface area contributed by atoms with Crippen molar-refractivity contribution in [2.24, 2.45) is 0 Å². The second-order valence-electron chi connectivity index (χ2n) is 4.57. The number of nitrogens with zero attached hydrogens (tertiary/aromatic N) is 3. The van der Waals surface area contributed by atoms with Crippen LogP contribution in [0.4, 0.5) is 0 Å². The number of hydrogen-bond acceptors (Lipinski definition) is 4. The quantitative estimate of drug-likeness (QED) is 0.783. The van der Waals surface area contributed by atoms with Crippen molar-refractivity contribution >= 4 is 11.6 Å². The van der Waals surface area contributed by atoms with Crippen LogP contribution in [0.15, 0.2) is 39.7 Å². The first-order valence-corrected chi connectivity index (χ1v) is 6.48. The number of rotatable bonds is 4. The van der Waals surface area contributed by atoms with Gasteiger partial charge in [0, 0.05) is 24.4 Å². The Morgan fingerprint density at radius 3 is 2.86 bits per heavy atom. The molecule has 0 saturated carbocycles. The Morgan fingerprint density at radius 2 is 2.24 bits per heavy atom. The van der Waals surface area contributed by atoms with Crippen molar-refractivity contribution in [2.75, 3.05) is 0 Å². The summed E-state index contributed by atoms with van der Waals surface area (Å²) in [6.07, 6.45) is 1.32.